The van der Waals surface area contributed by atoms with Crippen molar-refractivity contribution in [2.45, 2.75) is 61.1 Å². The molecule has 0 heterocycles. The second-order valence-corrected chi connectivity index (χ2v) is 12.6. The van der Waals surface area contributed by atoms with Crippen molar-refractivity contribution in [3.63, 3.8) is 0 Å². The Labute approximate surface area is 213 Å². The Hall–Kier alpha value is -2.11. The summed E-state index contributed by atoms with van der Waals surface area (Å²) < 4.78 is 54.0. The van der Waals surface area contributed by atoms with Crippen molar-refractivity contribution in [1.82, 2.24) is 0 Å². The van der Waals surface area contributed by atoms with Crippen molar-refractivity contribution in [2.75, 3.05) is 5.32 Å². The molecule has 11 heteroatoms. The number of aliphatic hydroxyl groups excluding tert-OH is 2. The normalized spacial score (nSPS) is 29.6. The predicted octanol–water partition coefficient (Wildman–Crippen LogP) is 3.55. The van der Waals surface area contributed by atoms with Crippen molar-refractivity contribution in [3.8, 4) is 0 Å². The third kappa shape index (κ3) is 4.54. The van der Waals surface area contributed by atoms with Crippen LogP contribution >= 0.6 is 11.6 Å². The van der Waals surface area contributed by atoms with Gasteiger partial charge in [-0.1, -0.05) is 18.5 Å². The van der Waals surface area contributed by atoms with Crippen LogP contribution < -0.4 is 5.32 Å². The Balaban J connectivity index is 1.61. The summed E-state index contributed by atoms with van der Waals surface area (Å²) in [7, 11) is -4.06. The van der Waals surface area contributed by atoms with Crippen LogP contribution in [0.4, 0.5) is 14.5 Å². The number of rotatable bonds is 6. The maximum Gasteiger partial charge on any atom is 0.255 e. The SMILES string of the molecule is C[C@H]1CC2C[C@@H](S(=O)(=O)c3cc(C(=O)Nc4ccc(F)c(F)c4)ccc3Cl)CC1[C@@]2(O)[C@H](O)[C@@H](C)O. The van der Waals surface area contributed by atoms with Crippen LogP contribution in [-0.2, 0) is 9.84 Å². The molecule has 7 nitrogen and oxygen atoms in total. The van der Waals surface area contributed by atoms with Gasteiger partial charge in [0.05, 0.1) is 26.9 Å². The van der Waals surface area contributed by atoms with Crippen LogP contribution in [0.1, 0.15) is 43.5 Å². The summed E-state index contributed by atoms with van der Waals surface area (Å²) in [5.41, 5.74) is -1.65. The molecule has 4 rings (SSSR count). The highest BCUT2D eigenvalue weighted by Gasteiger charge is 2.62. The van der Waals surface area contributed by atoms with E-state index >= 15 is 0 Å². The highest BCUT2D eigenvalue weighted by atomic mass is 35.5. The van der Waals surface area contributed by atoms with E-state index in [0.29, 0.717) is 6.42 Å². The van der Waals surface area contributed by atoms with Crippen LogP contribution in [0.2, 0.25) is 5.02 Å². The largest absolute Gasteiger partial charge is 0.391 e. The molecule has 2 aliphatic rings. The number of hydrogen-bond donors (Lipinski definition) is 4. The first-order valence-corrected chi connectivity index (χ1v) is 13.6. The second kappa shape index (κ2) is 9.64. The van der Waals surface area contributed by atoms with Crippen molar-refractivity contribution in [3.05, 3.63) is 58.6 Å². The molecule has 2 bridgehead atoms. The van der Waals surface area contributed by atoms with E-state index in [2.05, 4.69) is 5.32 Å². The van der Waals surface area contributed by atoms with Crippen molar-refractivity contribution < 1.29 is 37.3 Å². The zero-order chi connectivity index (χ0) is 26.6. The lowest BCUT2D eigenvalue weighted by atomic mass is 9.69. The lowest BCUT2D eigenvalue weighted by Crippen LogP contribution is -2.59. The smallest absolute Gasteiger partial charge is 0.255 e. The highest BCUT2D eigenvalue weighted by Crippen LogP contribution is 2.56. The van der Waals surface area contributed by atoms with Gasteiger partial charge in [0, 0.05) is 17.3 Å². The van der Waals surface area contributed by atoms with Gasteiger partial charge < -0.3 is 20.6 Å². The quantitative estimate of drug-likeness (QED) is 0.442. The van der Waals surface area contributed by atoms with E-state index in [1.807, 2.05) is 6.92 Å². The number of carbonyl (C=O) groups excluding carboxylic acids is 1. The summed E-state index contributed by atoms with van der Waals surface area (Å²) in [6, 6.07) is 6.58. The first-order chi connectivity index (χ1) is 16.8. The van der Waals surface area contributed by atoms with E-state index in [1.54, 1.807) is 0 Å². The fourth-order valence-electron chi connectivity index (χ4n) is 5.88. The van der Waals surface area contributed by atoms with Crippen LogP contribution in [-0.4, -0.2) is 52.7 Å². The van der Waals surface area contributed by atoms with Crippen LogP contribution in [0.5, 0.6) is 0 Å². The topological polar surface area (TPSA) is 124 Å². The average Bonchev–Trinajstić information content (AvgIpc) is 2.94. The minimum absolute atomic E-state index is 0.00736. The number of benzene rings is 2. The summed E-state index contributed by atoms with van der Waals surface area (Å²) in [6.45, 7) is 3.27. The summed E-state index contributed by atoms with van der Waals surface area (Å²) in [6.07, 6.45) is -1.97. The number of fused-ring (bicyclic) bond motifs is 2. The molecule has 0 saturated heterocycles. The van der Waals surface area contributed by atoms with E-state index < -0.39 is 62.3 Å². The number of halogens is 3. The molecule has 7 atom stereocenters. The Bertz CT molecular complexity index is 1290. The highest BCUT2D eigenvalue weighted by molar-refractivity contribution is 7.92. The number of sulfone groups is 1. The maximum absolute atomic E-state index is 13.7. The minimum atomic E-state index is -4.06. The fraction of sp³-hybridized carbons (Fsp3) is 0.480. The molecule has 4 N–H and O–H groups in total. The molecule has 2 unspecified atom stereocenters. The average molecular weight is 544 g/mol. The van der Waals surface area contributed by atoms with E-state index in [9.17, 15) is 37.3 Å². The number of nitrogens with one attached hydrogen (secondary N) is 1. The Morgan fingerprint density at radius 3 is 2.42 bits per heavy atom. The lowest BCUT2D eigenvalue weighted by Gasteiger charge is -2.46. The van der Waals surface area contributed by atoms with Crippen LogP contribution in [0.15, 0.2) is 41.3 Å². The molecule has 2 fully saturated rings. The van der Waals surface area contributed by atoms with Gasteiger partial charge in [0.2, 0.25) is 0 Å². The van der Waals surface area contributed by atoms with E-state index in [1.165, 1.54) is 25.1 Å². The molecule has 2 aliphatic carbocycles. The van der Waals surface area contributed by atoms with Gasteiger partial charge in [-0.3, -0.25) is 4.79 Å². The molecule has 196 valence electrons. The minimum Gasteiger partial charge on any atom is -0.391 e. The third-order valence-electron chi connectivity index (χ3n) is 7.70. The fourth-order valence-corrected chi connectivity index (χ4v) is 8.26. The molecule has 2 aromatic carbocycles. The van der Waals surface area contributed by atoms with Gasteiger partial charge >= 0.3 is 0 Å². The molecule has 0 spiro atoms. The zero-order valence-corrected chi connectivity index (χ0v) is 21.2. The zero-order valence-electron chi connectivity index (χ0n) is 19.7. The number of amides is 1. The third-order valence-corrected chi connectivity index (χ3v) is 10.4. The monoisotopic (exact) mass is 543 g/mol. The van der Waals surface area contributed by atoms with Crippen molar-refractivity contribution >= 4 is 33.0 Å². The molecule has 36 heavy (non-hydrogen) atoms. The molecule has 0 aromatic heterocycles. The molecule has 2 aromatic rings. The number of aliphatic hydroxyl groups is 3. The molecule has 2 saturated carbocycles. The number of hydrogen-bond acceptors (Lipinski definition) is 6. The van der Waals surface area contributed by atoms with Crippen LogP contribution in [0.25, 0.3) is 0 Å². The summed E-state index contributed by atoms with van der Waals surface area (Å²) >= 11 is 6.24. The Kier molecular flexibility index (Phi) is 7.22. The Morgan fingerprint density at radius 2 is 1.81 bits per heavy atom. The lowest BCUT2D eigenvalue weighted by molar-refractivity contribution is -0.175. The molecule has 0 radical (unpaired) electrons. The molecular formula is C25H28ClF2NO6S. The van der Waals surface area contributed by atoms with Gasteiger partial charge in [0.15, 0.2) is 21.5 Å². The van der Waals surface area contributed by atoms with Gasteiger partial charge in [-0.05, 0) is 74.3 Å². The number of anilines is 1. The van der Waals surface area contributed by atoms with Crippen LogP contribution in [0, 0.1) is 29.4 Å². The van der Waals surface area contributed by atoms with Gasteiger partial charge in [-0.2, -0.15) is 0 Å². The second-order valence-electron chi connectivity index (χ2n) is 9.96. The first-order valence-electron chi connectivity index (χ1n) is 11.6. The van der Waals surface area contributed by atoms with E-state index in [4.69, 9.17) is 11.6 Å². The summed E-state index contributed by atoms with van der Waals surface area (Å²) in [5.74, 6) is -4.13. The van der Waals surface area contributed by atoms with E-state index in [0.717, 1.165) is 18.2 Å². The van der Waals surface area contributed by atoms with Crippen molar-refractivity contribution in [2.24, 2.45) is 17.8 Å². The predicted molar refractivity (Wildman–Crippen MR) is 129 cm³/mol. The van der Waals surface area contributed by atoms with E-state index in [-0.39, 0.29) is 39.9 Å². The molecule has 1 amide bonds. The standard InChI is InChI=1S/C25H28ClF2NO6S/c1-12-7-15-9-17(11-18(12)25(15,33)23(31)13(2)30)36(34,35)22-8-14(3-5-19(22)26)24(32)29-16-4-6-20(27)21(28)10-16/h3-6,8,10,12-13,15,17-18,23,30-31,33H,7,9,11H2,1-2H3,(H,29,32)/t12-,13+,15?,17+,18?,23+,25+/m0/s1. The maximum atomic E-state index is 13.7. The molecule has 0 aliphatic heterocycles. The van der Waals surface area contributed by atoms with Gasteiger partial charge in [0.1, 0.15) is 6.10 Å². The van der Waals surface area contributed by atoms with Crippen molar-refractivity contribution in [1.29, 1.82) is 0 Å². The van der Waals surface area contributed by atoms with Crippen LogP contribution in [0.3, 0.4) is 0 Å². The first kappa shape index (κ1) is 26.9. The summed E-state index contributed by atoms with van der Waals surface area (Å²) in [4.78, 5) is 12.5. The number of carbonyl (C=O) groups is 1. The summed E-state index contributed by atoms with van der Waals surface area (Å²) in [5, 5.41) is 33.2. The Morgan fingerprint density at radius 1 is 1.11 bits per heavy atom. The van der Waals surface area contributed by atoms with Gasteiger partial charge in [-0.25, -0.2) is 17.2 Å². The van der Waals surface area contributed by atoms with Gasteiger partial charge in [-0.15, -0.1) is 0 Å². The van der Waals surface area contributed by atoms with Gasteiger partial charge in [0.25, 0.3) is 5.91 Å². The molecular weight excluding hydrogens is 516 g/mol.